The fraction of sp³-hybridized carbons (Fsp3) is 0.385. The summed E-state index contributed by atoms with van der Waals surface area (Å²) < 4.78 is 10.2. The van der Waals surface area contributed by atoms with Crippen LogP contribution in [0, 0.1) is 5.92 Å². The third-order valence-electron chi connectivity index (χ3n) is 2.90. The van der Waals surface area contributed by atoms with Gasteiger partial charge in [-0.1, -0.05) is 0 Å². The summed E-state index contributed by atoms with van der Waals surface area (Å²) in [7, 11) is 2.99. The molecule has 0 aliphatic heterocycles. The summed E-state index contributed by atoms with van der Waals surface area (Å²) in [5.41, 5.74) is 5.07. The lowest BCUT2D eigenvalue weighted by Crippen LogP contribution is -2.42. The summed E-state index contributed by atoms with van der Waals surface area (Å²) in [5.74, 6) is 0.394. The molecule has 1 saturated carbocycles. The molecule has 1 fully saturated rings. The Morgan fingerprint density at radius 3 is 2.47 bits per heavy atom. The number of hydrazine groups is 1. The Bertz CT molecular complexity index is 497. The number of benzene rings is 1. The zero-order chi connectivity index (χ0) is 13.8. The van der Waals surface area contributed by atoms with Crippen LogP contribution in [0.4, 0.5) is 0 Å². The van der Waals surface area contributed by atoms with Crippen molar-refractivity contribution in [2.75, 3.05) is 14.2 Å². The minimum atomic E-state index is -0.440. The Hall–Kier alpha value is -2.24. The first kappa shape index (κ1) is 13.2. The highest BCUT2D eigenvalue weighted by Gasteiger charge is 2.30. The molecule has 6 nitrogen and oxygen atoms in total. The first-order chi connectivity index (χ1) is 9.15. The maximum Gasteiger partial charge on any atom is 0.273 e. The lowest BCUT2D eigenvalue weighted by Gasteiger charge is -2.11. The lowest BCUT2D eigenvalue weighted by molar-refractivity contribution is -0.123. The molecule has 1 aliphatic rings. The number of carbonyl (C=O) groups excluding carboxylic acids is 2. The Balaban J connectivity index is 2.05. The van der Waals surface area contributed by atoms with Gasteiger partial charge in [0.05, 0.1) is 19.8 Å². The zero-order valence-electron chi connectivity index (χ0n) is 10.9. The second-order valence-electron chi connectivity index (χ2n) is 4.28. The molecule has 2 amide bonds. The molecule has 2 rings (SSSR count). The van der Waals surface area contributed by atoms with Crippen molar-refractivity contribution in [2.24, 2.45) is 5.92 Å². The molecule has 0 saturated heterocycles. The van der Waals surface area contributed by atoms with Crippen LogP contribution in [-0.4, -0.2) is 26.0 Å². The minimum Gasteiger partial charge on any atom is -0.497 e. The molecule has 2 N–H and O–H groups in total. The highest BCUT2D eigenvalue weighted by atomic mass is 16.5. The van der Waals surface area contributed by atoms with Gasteiger partial charge in [-0.2, -0.15) is 0 Å². The predicted octanol–water partition coefficient (Wildman–Crippen LogP) is 0.875. The number of amides is 2. The molecule has 6 heteroatoms. The van der Waals surface area contributed by atoms with Crippen LogP contribution < -0.4 is 20.3 Å². The fourth-order valence-electron chi connectivity index (χ4n) is 1.62. The fourth-order valence-corrected chi connectivity index (χ4v) is 1.62. The number of hydrogen-bond donors (Lipinski definition) is 2. The molecule has 0 radical (unpaired) electrons. The molecule has 0 atom stereocenters. The van der Waals surface area contributed by atoms with E-state index in [0.29, 0.717) is 17.1 Å². The second kappa shape index (κ2) is 5.60. The summed E-state index contributed by atoms with van der Waals surface area (Å²) in [6, 6.07) is 4.88. The molecule has 0 unspecified atom stereocenters. The van der Waals surface area contributed by atoms with Crippen molar-refractivity contribution in [2.45, 2.75) is 12.8 Å². The highest BCUT2D eigenvalue weighted by Crippen LogP contribution is 2.28. The minimum absolute atomic E-state index is 0.0347. The number of methoxy groups -OCH3 is 2. The van der Waals surface area contributed by atoms with Gasteiger partial charge in [0.15, 0.2) is 0 Å². The molecule has 19 heavy (non-hydrogen) atoms. The zero-order valence-corrected chi connectivity index (χ0v) is 10.9. The Kier molecular flexibility index (Phi) is 3.89. The predicted molar refractivity (Wildman–Crippen MR) is 67.9 cm³/mol. The van der Waals surface area contributed by atoms with Crippen LogP contribution in [0.5, 0.6) is 11.5 Å². The van der Waals surface area contributed by atoms with E-state index in [9.17, 15) is 9.59 Å². The average Bonchev–Trinajstić information content (AvgIpc) is 3.28. The second-order valence-corrected chi connectivity index (χ2v) is 4.28. The summed E-state index contributed by atoms with van der Waals surface area (Å²) in [4.78, 5) is 23.4. The van der Waals surface area contributed by atoms with Crippen molar-refractivity contribution in [1.29, 1.82) is 0 Å². The Labute approximate surface area is 111 Å². The molecule has 1 aromatic carbocycles. The first-order valence-corrected chi connectivity index (χ1v) is 5.98. The number of nitrogens with one attached hydrogen (secondary N) is 2. The maximum absolute atomic E-state index is 12.0. The van der Waals surface area contributed by atoms with Gasteiger partial charge in [0, 0.05) is 5.92 Å². The van der Waals surface area contributed by atoms with Crippen molar-refractivity contribution >= 4 is 11.8 Å². The monoisotopic (exact) mass is 264 g/mol. The molecule has 0 bridgehead atoms. The number of hydrogen-bond acceptors (Lipinski definition) is 4. The summed E-state index contributed by atoms with van der Waals surface area (Å²) in [6.45, 7) is 0. The molecule has 0 heterocycles. The molecular formula is C13H16N2O4. The first-order valence-electron chi connectivity index (χ1n) is 5.98. The van der Waals surface area contributed by atoms with E-state index in [1.54, 1.807) is 18.2 Å². The van der Waals surface area contributed by atoms with Crippen molar-refractivity contribution in [3.63, 3.8) is 0 Å². The van der Waals surface area contributed by atoms with E-state index >= 15 is 0 Å². The van der Waals surface area contributed by atoms with Crippen molar-refractivity contribution in [1.82, 2.24) is 10.9 Å². The van der Waals surface area contributed by atoms with E-state index in [-0.39, 0.29) is 11.8 Å². The van der Waals surface area contributed by atoms with E-state index in [0.717, 1.165) is 12.8 Å². The number of rotatable bonds is 4. The van der Waals surface area contributed by atoms with E-state index in [1.165, 1.54) is 14.2 Å². The summed E-state index contributed by atoms with van der Waals surface area (Å²) in [5, 5.41) is 0. The van der Waals surface area contributed by atoms with Crippen molar-refractivity contribution in [3.05, 3.63) is 23.8 Å². The van der Waals surface area contributed by atoms with E-state index in [1.807, 2.05) is 0 Å². The van der Waals surface area contributed by atoms with Crippen LogP contribution in [0.3, 0.4) is 0 Å². The van der Waals surface area contributed by atoms with Gasteiger partial charge in [-0.15, -0.1) is 0 Å². The van der Waals surface area contributed by atoms with Crippen molar-refractivity contribution in [3.8, 4) is 11.5 Å². The largest absolute Gasteiger partial charge is 0.497 e. The SMILES string of the molecule is COc1ccc(OC)c(C(=O)NNC(=O)C2CC2)c1. The quantitative estimate of drug-likeness (QED) is 0.791. The van der Waals surface area contributed by atoms with Crippen LogP contribution in [0.25, 0.3) is 0 Å². The summed E-state index contributed by atoms with van der Waals surface area (Å²) in [6.07, 6.45) is 1.76. The van der Waals surface area contributed by atoms with E-state index in [4.69, 9.17) is 9.47 Å². The Morgan fingerprint density at radius 2 is 1.89 bits per heavy atom. The van der Waals surface area contributed by atoms with Crippen LogP contribution in [-0.2, 0) is 4.79 Å². The van der Waals surface area contributed by atoms with Gasteiger partial charge in [-0.3, -0.25) is 20.4 Å². The standard InChI is InChI=1S/C13H16N2O4/c1-18-9-5-6-11(19-2)10(7-9)13(17)15-14-12(16)8-3-4-8/h5-8H,3-4H2,1-2H3,(H,14,16)(H,15,17). The molecule has 0 spiro atoms. The normalized spacial score (nSPS) is 13.6. The molecule has 0 aromatic heterocycles. The number of carbonyl (C=O) groups is 2. The average molecular weight is 264 g/mol. The van der Waals surface area contributed by atoms with Crippen LogP contribution >= 0.6 is 0 Å². The maximum atomic E-state index is 12.0. The van der Waals surface area contributed by atoms with Gasteiger partial charge >= 0.3 is 0 Å². The molecule has 1 aromatic rings. The smallest absolute Gasteiger partial charge is 0.273 e. The Morgan fingerprint density at radius 1 is 1.16 bits per heavy atom. The van der Waals surface area contributed by atoms with Gasteiger partial charge in [-0.25, -0.2) is 0 Å². The van der Waals surface area contributed by atoms with Gasteiger partial charge in [0.2, 0.25) is 5.91 Å². The van der Waals surface area contributed by atoms with Crippen LogP contribution in [0.15, 0.2) is 18.2 Å². The van der Waals surface area contributed by atoms with Crippen LogP contribution in [0.1, 0.15) is 23.2 Å². The molecule has 102 valence electrons. The van der Waals surface area contributed by atoms with Gasteiger partial charge in [0.1, 0.15) is 11.5 Å². The third kappa shape index (κ3) is 3.15. The van der Waals surface area contributed by atoms with Crippen molar-refractivity contribution < 1.29 is 19.1 Å². The topological polar surface area (TPSA) is 76.7 Å². The number of ether oxygens (including phenoxy) is 2. The summed E-state index contributed by atoms with van der Waals surface area (Å²) >= 11 is 0. The van der Waals surface area contributed by atoms with Gasteiger partial charge in [-0.05, 0) is 31.0 Å². The van der Waals surface area contributed by atoms with Gasteiger partial charge in [0.25, 0.3) is 5.91 Å². The lowest BCUT2D eigenvalue weighted by atomic mass is 10.2. The van der Waals surface area contributed by atoms with Crippen LogP contribution in [0.2, 0.25) is 0 Å². The van der Waals surface area contributed by atoms with E-state index in [2.05, 4.69) is 10.9 Å². The third-order valence-corrected chi connectivity index (χ3v) is 2.90. The van der Waals surface area contributed by atoms with Gasteiger partial charge < -0.3 is 9.47 Å². The highest BCUT2D eigenvalue weighted by molar-refractivity contribution is 5.98. The molecular weight excluding hydrogens is 248 g/mol. The molecule has 1 aliphatic carbocycles. The van der Waals surface area contributed by atoms with E-state index < -0.39 is 5.91 Å².